The monoisotopic (exact) mass is 640 g/mol. The van der Waals surface area contributed by atoms with Crippen molar-refractivity contribution in [3.05, 3.63) is 156 Å². The molecular formula is C38H28N2O6S. The second kappa shape index (κ2) is 11.8. The molecule has 0 aliphatic heterocycles. The second-order valence-electron chi connectivity index (χ2n) is 11.3. The van der Waals surface area contributed by atoms with Crippen LogP contribution in [0.5, 0.6) is 5.75 Å². The Morgan fingerprint density at radius 1 is 0.723 bits per heavy atom. The highest BCUT2D eigenvalue weighted by Crippen LogP contribution is 2.47. The number of rotatable bonds is 7. The molecular weight excluding hydrogens is 612 g/mol. The lowest BCUT2D eigenvalue weighted by Gasteiger charge is -2.28. The molecule has 0 saturated heterocycles. The van der Waals surface area contributed by atoms with Gasteiger partial charge in [-0.05, 0) is 94.5 Å². The SMILES string of the molecule is Cc1ccc(OS(=O)(=O)c2cccc(NC(=O)c3ccc4ccc(N(C(=O)O)C5c6ccccc6-c6ccccc65)cc4c3)c2)cc1. The van der Waals surface area contributed by atoms with Gasteiger partial charge in [-0.2, -0.15) is 8.42 Å². The lowest BCUT2D eigenvalue weighted by Crippen LogP contribution is -2.33. The number of fused-ring (bicyclic) bond motifs is 4. The summed E-state index contributed by atoms with van der Waals surface area (Å²) in [6.45, 7) is 1.89. The molecule has 6 aromatic rings. The van der Waals surface area contributed by atoms with E-state index in [2.05, 4.69) is 5.32 Å². The van der Waals surface area contributed by atoms with E-state index in [1.54, 1.807) is 60.7 Å². The van der Waals surface area contributed by atoms with E-state index in [1.165, 1.54) is 23.1 Å². The van der Waals surface area contributed by atoms with Crippen LogP contribution in [-0.4, -0.2) is 25.5 Å². The van der Waals surface area contributed by atoms with Gasteiger partial charge in [0.15, 0.2) is 0 Å². The summed E-state index contributed by atoms with van der Waals surface area (Å²) in [7, 11) is -4.15. The number of hydrogen-bond acceptors (Lipinski definition) is 5. The van der Waals surface area contributed by atoms with Gasteiger partial charge in [-0.1, -0.05) is 84.4 Å². The van der Waals surface area contributed by atoms with Crippen molar-refractivity contribution in [1.82, 2.24) is 0 Å². The number of carboxylic acid groups (broad SMARTS) is 1. The highest BCUT2D eigenvalue weighted by molar-refractivity contribution is 7.87. The zero-order valence-corrected chi connectivity index (χ0v) is 25.9. The number of amides is 2. The van der Waals surface area contributed by atoms with Gasteiger partial charge in [0.05, 0.1) is 6.04 Å². The normalized spacial score (nSPS) is 12.3. The fourth-order valence-corrected chi connectivity index (χ4v) is 6.98. The summed E-state index contributed by atoms with van der Waals surface area (Å²) in [4.78, 5) is 27.5. The quantitative estimate of drug-likeness (QED) is 0.169. The van der Waals surface area contributed by atoms with Crippen LogP contribution in [0.15, 0.2) is 138 Å². The van der Waals surface area contributed by atoms with Crippen molar-refractivity contribution in [3.63, 3.8) is 0 Å². The van der Waals surface area contributed by atoms with E-state index < -0.39 is 28.2 Å². The van der Waals surface area contributed by atoms with E-state index in [-0.39, 0.29) is 16.3 Å². The Morgan fingerprint density at radius 2 is 1.38 bits per heavy atom. The van der Waals surface area contributed by atoms with Crippen LogP contribution in [-0.2, 0) is 10.1 Å². The maximum atomic E-state index is 13.4. The van der Waals surface area contributed by atoms with Crippen molar-refractivity contribution < 1.29 is 27.3 Å². The Morgan fingerprint density at radius 3 is 2.06 bits per heavy atom. The fourth-order valence-electron chi connectivity index (χ4n) is 6.00. The average Bonchev–Trinajstić information content (AvgIpc) is 3.39. The van der Waals surface area contributed by atoms with Crippen LogP contribution in [0, 0.1) is 6.92 Å². The van der Waals surface area contributed by atoms with Gasteiger partial charge < -0.3 is 14.6 Å². The van der Waals surface area contributed by atoms with Gasteiger partial charge in [-0.3, -0.25) is 9.69 Å². The van der Waals surface area contributed by atoms with E-state index in [0.29, 0.717) is 16.6 Å². The number of aryl methyl sites for hydroxylation is 1. The molecule has 1 aliphatic carbocycles. The summed E-state index contributed by atoms with van der Waals surface area (Å²) in [6.07, 6.45) is -1.10. The number of nitrogens with zero attached hydrogens (tertiary/aromatic N) is 1. The molecule has 0 heterocycles. The molecule has 9 heteroatoms. The van der Waals surface area contributed by atoms with E-state index in [1.807, 2.05) is 61.5 Å². The van der Waals surface area contributed by atoms with E-state index in [4.69, 9.17) is 4.18 Å². The van der Waals surface area contributed by atoms with Crippen LogP contribution in [0.3, 0.4) is 0 Å². The van der Waals surface area contributed by atoms with Gasteiger partial charge in [-0.15, -0.1) is 0 Å². The van der Waals surface area contributed by atoms with Crippen LogP contribution >= 0.6 is 0 Å². The molecule has 0 fully saturated rings. The predicted molar refractivity (Wildman–Crippen MR) is 182 cm³/mol. The molecule has 2 amide bonds. The third kappa shape index (κ3) is 5.69. The average molecular weight is 641 g/mol. The number of anilines is 2. The van der Waals surface area contributed by atoms with E-state index in [9.17, 15) is 23.1 Å². The molecule has 1 aliphatic rings. The van der Waals surface area contributed by atoms with Gasteiger partial charge in [0.1, 0.15) is 10.6 Å². The van der Waals surface area contributed by atoms with Crippen molar-refractivity contribution in [1.29, 1.82) is 0 Å². The number of nitrogens with one attached hydrogen (secondary N) is 1. The predicted octanol–water partition coefficient (Wildman–Crippen LogP) is 8.42. The Hall–Kier alpha value is -5.93. The molecule has 0 radical (unpaired) electrons. The Balaban J connectivity index is 1.17. The number of benzene rings is 6. The minimum atomic E-state index is -4.15. The first-order chi connectivity index (χ1) is 22.7. The summed E-state index contributed by atoms with van der Waals surface area (Å²) in [5.74, 6) is -0.275. The van der Waals surface area contributed by atoms with Crippen molar-refractivity contribution in [2.45, 2.75) is 17.9 Å². The molecule has 0 spiro atoms. The van der Waals surface area contributed by atoms with Gasteiger partial charge in [0, 0.05) is 16.9 Å². The largest absolute Gasteiger partial charge is 0.465 e. The molecule has 232 valence electrons. The molecule has 0 saturated carbocycles. The fraction of sp³-hybridized carbons (Fsp3) is 0.0526. The van der Waals surface area contributed by atoms with Crippen molar-refractivity contribution >= 4 is 44.3 Å². The third-order valence-electron chi connectivity index (χ3n) is 8.24. The van der Waals surface area contributed by atoms with E-state index >= 15 is 0 Å². The standard InChI is InChI=1S/C38H28N2O6S/c1-24-13-19-30(20-14-24)46-47(44,45)31-8-6-7-28(23-31)39-37(41)26-16-15-25-17-18-29(22-27(25)21-26)40(38(42)43)36-34-11-4-2-9-32(34)33-10-3-5-12-35(33)36/h2-23,36H,1H3,(H,39,41)(H,42,43). The van der Waals surface area contributed by atoms with Crippen LogP contribution in [0.25, 0.3) is 21.9 Å². The summed E-state index contributed by atoms with van der Waals surface area (Å²) in [5.41, 5.74) is 5.82. The van der Waals surface area contributed by atoms with Crippen molar-refractivity contribution in [2.75, 3.05) is 10.2 Å². The van der Waals surface area contributed by atoms with Crippen LogP contribution < -0.4 is 14.4 Å². The van der Waals surface area contributed by atoms with Crippen LogP contribution in [0.4, 0.5) is 16.2 Å². The lowest BCUT2D eigenvalue weighted by atomic mass is 10.0. The van der Waals surface area contributed by atoms with Crippen molar-refractivity contribution in [3.8, 4) is 16.9 Å². The number of hydrogen-bond donors (Lipinski definition) is 2. The summed E-state index contributed by atoms with van der Waals surface area (Å²) in [6, 6.07) is 38.1. The maximum Gasteiger partial charge on any atom is 0.412 e. The lowest BCUT2D eigenvalue weighted by molar-refractivity contribution is 0.102. The highest BCUT2D eigenvalue weighted by atomic mass is 32.2. The Labute approximate surface area is 271 Å². The summed E-state index contributed by atoms with van der Waals surface area (Å²) < 4.78 is 31.1. The highest BCUT2D eigenvalue weighted by Gasteiger charge is 2.36. The van der Waals surface area contributed by atoms with Crippen molar-refractivity contribution in [2.24, 2.45) is 0 Å². The first-order valence-electron chi connectivity index (χ1n) is 14.8. The third-order valence-corrected chi connectivity index (χ3v) is 9.48. The molecule has 0 atom stereocenters. The first-order valence-corrected chi connectivity index (χ1v) is 16.3. The molecule has 0 bridgehead atoms. The second-order valence-corrected chi connectivity index (χ2v) is 12.9. The molecule has 0 aromatic heterocycles. The molecule has 8 nitrogen and oxygen atoms in total. The van der Waals surface area contributed by atoms with Gasteiger partial charge in [0.2, 0.25) is 0 Å². The number of carbonyl (C=O) groups excluding carboxylic acids is 1. The topological polar surface area (TPSA) is 113 Å². The minimum Gasteiger partial charge on any atom is -0.465 e. The molecule has 7 rings (SSSR count). The zero-order chi connectivity index (χ0) is 32.7. The Bertz CT molecular complexity index is 2260. The van der Waals surface area contributed by atoms with Gasteiger partial charge >= 0.3 is 16.2 Å². The van der Waals surface area contributed by atoms with Crippen LogP contribution in [0.2, 0.25) is 0 Å². The summed E-state index contributed by atoms with van der Waals surface area (Å²) in [5, 5.41) is 14.8. The van der Waals surface area contributed by atoms with Crippen LogP contribution in [0.1, 0.15) is 33.1 Å². The molecule has 6 aromatic carbocycles. The van der Waals surface area contributed by atoms with E-state index in [0.717, 1.165) is 33.2 Å². The molecule has 2 N–H and O–H groups in total. The van der Waals surface area contributed by atoms with Gasteiger partial charge in [-0.25, -0.2) is 4.79 Å². The zero-order valence-electron chi connectivity index (χ0n) is 25.1. The maximum absolute atomic E-state index is 13.4. The minimum absolute atomic E-state index is 0.108. The van der Waals surface area contributed by atoms with Gasteiger partial charge in [0.25, 0.3) is 5.91 Å². The number of carbonyl (C=O) groups is 2. The molecule has 0 unspecified atom stereocenters. The summed E-state index contributed by atoms with van der Waals surface area (Å²) >= 11 is 0. The first kappa shape index (κ1) is 29.8. The Kier molecular flexibility index (Phi) is 7.46. The smallest absolute Gasteiger partial charge is 0.412 e. The molecule has 47 heavy (non-hydrogen) atoms.